The van der Waals surface area contributed by atoms with Gasteiger partial charge in [-0.3, -0.25) is 4.79 Å². The molecule has 1 aliphatic heterocycles. The van der Waals surface area contributed by atoms with Crippen molar-refractivity contribution in [1.29, 1.82) is 0 Å². The number of rotatable bonds is 5. The molecule has 0 aromatic heterocycles. The lowest BCUT2D eigenvalue weighted by Crippen LogP contribution is -2.50. The summed E-state index contributed by atoms with van der Waals surface area (Å²) in [5.41, 5.74) is 0. The Hall–Kier alpha value is -1.86. The standard InChI is InChI=1S/C16H22N2O4S/c1-3-5-16(19)17-10-12-18(13-11-17)23(20,21)15-8-6-14(7-9-15)22-4-2/h3,5-9H,4,10-13H2,1-2H3/b5-3+. The molecule has 23 heavy (non-hydrogen) atoms. The van der Waals surface area contributed by atoms with Gasteiger partial charge in [-0.1, -0.05) is 6.08 Å². The number of hydrogen-bond donors (Lipinski definition) is 0. The van der Waals surface area contributed by atoms with E-state index >= 15 is 0 Å². The van der Waals surface area contributed by atoms with Crippen molar-refractivity contribution < 1.29 is 17.9 Å². The molecule has 1 aliphatic rings. The Morgan fingerprint density at radius 1 is 1.17 bits per heavy atom. The van der Waals surface area contributed by atoms with E-state index in [1.165, 1.54) is 10.4 Å². The number of allylic oxidation sites excluding steroid dienone is 1. The summed E-state index contributed by atoms with van der Waals surface area (Å²) in [5.74, 6) is 0.568. The molecule has 0 bridgehead atoms. The predicted octanol–water partition coefficient (Wildman–Crippen LogP) is 1.49. The molecule has 6 nitrogen and oxygen atoms in total. The first-order chi connectivity index (χ1) is 11.0. The molecule has 0 N–H and O–H groups in total. The highest BCUT2D eigenvalue weighted by molar-refractivity contribution is 7.89. The minimum absolute atomic E-state index is 0.0781. The van der Waals surface area contributed by atoms with Gasteiger partial charge in [0.25, 0.3) is 0 Å². The van der Waals surface area contributed by atoms with Crippen molar-refractivity contribution in [2.24, 2.45) is 0 Å². The Bertz CT molecular complexity index is 660. The van der Waals surface area contributed by atoms with Crippen molar-refractivity contribution >= 4 is 15.9 Å². The summed E-state index contributed by atoms with van der Waals surface area (Å²) in [6.45, 7) is 5.61. The molecule has 1 amide bonds. The van der Waals surface area contributed by atoms with Gasteiger partial charge in [0.2, 0.25) is 15.9 Å². The summed E-state index contributed by atoms with van der Waals surface area (Å²) in [6.07, 6.45) is 3.18. The largest absolute Gasteiger partial charge is 0.494 e. The van der Waals surface area contributed by atoms with E-state index in [0.29, 0.717) is 38.5 Å². The fourth-order valence-electron chi connectivity index (χ4n) is 2.42. The van der Waals surface area contributed by atoms with Crippen LogP contribution in [0.3, 0.4) is 0 Å². The Balaban J connectivity index is 2.05. The van der Waals surface area contributed by atoms with Crippen molar-refractivity contribution in [3.8, 4) is 5.75 Å². The third kappa shape index (κ3) is 4.11. The highest BCUT2D eigenvalue weighted by atomic mass is 32.2. The second-order valence-corrected chi connectivity index (χ2v) is 7.07. The monoisotopic (exact) mass is 338 g/mol. The topological polar surface area (TPSA) is 66.9 Å². The zero-order valence-electron chi connectivity index (χ0n) is 13.4. The fourth-order valence-corrected chi connectivity index (χ4v) is 3.84. The maximum atomic E-state index is 12.6. The van der Waals surface area contributed by atoms with Crippen LogP contribution < -0.4 is 4.74 Å². The quantitative estimate of drug-likeness (QED) is 0.763. The van der Waals surface area contributed by atoms with E-state index in [1.54, 1.807) is 42.2 Å². The third-order valence-electron chi connectivity index (χ3n) is 3.63. The van der Waals surface area contributed by atoms with Gasteiger partial charge >= 0.3 is 0 Å². The average Bonchev–Trinajstić information content (AvgIpc) is 2.56. The number of hydrogen-bond acceptors (Lipinski definition) is 4. The molecule has 2 rings (SSSR count). The van der Waals surface area contributed by atoms with Crippen LogP contribution in [0.2, 0.25) is 0 Å². The highest BCUT2D eigenvalue weighted by Crippen LogP contribution is 2.21. The fraction of sp³-hybridized carbons (Fsp3) is 0.438. The van der Waals surface area contributed by atoms with Crippen molar-refractivity contribution in [3.63, 3.8) is 0 Å². The van der Waals surface area contributed by atoms with Gasteiger partial charge in [0.05, 0.1) is 11.5 Å². The van der Waals surface area contributed by atoms with Gasteiger partial charge in [0, 0.05) is 26.2 Å². The molecule has 1 aromatic rings. The average molecular weight is 338 g/mol. The Kier molecular flexibility index (Phi) is 5.79. The van der Waals surface area contributed by atoms with Gasteiger partial charge in [0.1, 0.15) is 5.75 Å². The maximum Gasteiger partial charge on any atom is 0.246 e. The van der Waals surface area contributed by atoms with Crippen LogP contribution in [0.15, 0.2) is 41.3 Å². The van der Waals surface area contributed by atoms with Crippen molar-refractivity contribution in [1.82, 2.24) is 9.21 Å². The molecule has 1 fully saturated rings. The molecule has 1 aromatic carbocycles. The Morgan fingerprint density at radius 3 is 2.30 bits per heavy atom. The lowest BCUT2D eigenvalue weighted by Gasteiger charge is -2.33. The SMILES string of the molecule is C/C=C/C(=O)N1CCN(S(=O)(=O)c2ccc(OCC)cc2)CC1. The van der Waals surface area contributed by atoms with Gasteiger partial charge in [-0.15, -0.1) is 0 Å². The summed E-state index contributed by atoms with van der Waals surface area (Å²) >= 11 is 0. The van der Waals surface area contributed by atoms with E-state index < -0.39 is 10.0 Å². The lowest BCUT2D eigenvalue weighted by molar-refractivity contribution is -0.127. The molecule has 0 aliphatic carbocycles. The van der Waals surface area contributed by atoms with E-state index in [4.69, 9.17) is 4.74 Å². The first-order valence-electron chi connectivity index (χ1n) is 7.63. The number of nitrogens with zero attached hydrogens (tertiary/aromatic N) is 2. The highest BCUT2D eigenvalue weighted by Gasteiger charge is 2.29. The second kappa shape index (κ2) is 7.61. The normalized spacial score (nSPS) is 16.7. The van der Waals surface area contributed by atoms with Crippen LogP contribution in [-0.4, -0.2) is 56.3 Å². The number of piperazine rings is 1. The number of carbonyl (C=O) groups is 1. The van der Waals surface area contributed by atoms with Gasteiger partial charge in [-0.2, -0.15) is 4.31 Å². The van der Waals surface area contributed by atoms with Gasteiger partial charge in [0.15, 0.2) is 0 Å². The first-order valence-corrected chi connectivity index (χ1v) is 9.07. The molecule has 1 saturated heterocycles. The van der Waals surface area contributed by atoms with Gasteiger partial charge < -0.3 is 9.64 Å². The summed E-state index contributed by atoms with van der Waals surface area (Å²) in [7, 11) is -3.53. The minimum Gasteiger partial charge on any atom is -0.494 e. The van der Waals surface area contributed by atoms with E-state index in [2.05, 4.69) is 0 Å². The molecule has 1 heterocycles. The van der Waals surface area contributed by atoms with Crippen LogP contribution >= 0.6 is 0 Å². The van der Waals surface area contributed by atoms with E-state index in [9.17, 15) is 13.2 Å². The molecular weight excluding hydrogens is 316 g/mol. The van der Waals surface area contributed by atoms with Crippen LogP contribution in [0.5, 0.6) is 5.75 Å². The number of ether oxygens (including phenoxy) is 1. The van der Waals surface area contributed by atoms with Crippen LogP contribution in [0.1, 0.15) is 13.8 Å². The predicted molar refractivity (Wildman–Crippen MR) is 87.8 cm³/mol. The Morgan fingerprint density at radius 2 is 1.78 bits per heavy atom. The molecule has 0 spiro atoms. The molecule has 0 unspecified atom stereocenters. The maximum absolute atomic E-state index is 12.6. The van der Waals surface area contributed by atoms with Gasteiger partial charge in [-0.05, 0) is 44.2 Å². The Labute approximate surface area is 137 Å². The molecular formula is C16H22N2O4S. The van der Waals surface area contributed by atoms with E-state index in [-0.39, 0.29) is 10.8 Å². The number of carbonyl (C=O) groups excluding carboxylic acids is 1. The van der Waals surface area contributed by atoms with Crippen molar-refractivity contribution in [2.75, 3.05) is 32.8 Å². The smallest absolute Gasteiger partial charge is 0.246 e. The number of amides is 1. The van der Waals surface area contributed by atoms with Crippen molar-refractivity contribution in [2.45, 2.75) is 18.7 Å². The summed E-state index contributed by atoms with van der Waals surface area (Å²) in [6, 6.07) is 6.42. The lowest BCUT2D eigenvalue weighted by atomic mass is 10.3. The van der Waals surface area contributed by atoms with Crippen LogP contribution in [-0.2, 0) is 14.8 Å². The number of benzene rings is 1. The summed E-state index contributed by atoms with van der Waals surface area (Å²) in [4.78, 5) is 13.7. The van der Waals surface area contributed by atoms with Crippen molar-refractivity contribution in [3.05, 3.63) is 36.4 Å². The third-order valence-corrected chi connectivity index (χ3v) is 5.54. The minimum atomic E-state index is -3.53. The van der Waals surface area contributed by atoms with Crippen LogP contribution in [0.4, 0.5) is 0 Å². The summed E-state index contributed by atoms with van der Waals surface area (Å²) in [5, 5.41) is 0. The summed E-state index contributed by atoms with van der Waals surface area (Å²) < 4.78 is 32.0. The molecule has 0 radical (unpaired) electrons. The zero-order chi connectivity index (χ0) is 16.9. The molecule has 7 heteroatoms. The van der Waals surface area contributed by atoms with Crippen LogP contribution in [0, 0.1) is 0 Å². The first kappa shape index (κ1) is 17.5. The molecule has 126 valence electrons. The van der Waals surface area contributed by atoms with Crippen LogP contribution in [0.25, 0.3) is 0 Å². The van der Waals surface area contributed by atoms with E-state index in [1.807, 2.05) is 6.92 Å². The molecule has 0 atom stereocenters. The number of sulfonamides is 1. The molecule has 0 saturated carbocycles. The van der Waals surface area contributed by atoms with E-state index in [0.717, 1.165) is 0 Å². The zero-order valence-corrected chi connectivity index (χ0v) is 14.3. The second-order valence-electron chi connectivity index (χ2n) is 5.13. The van der Waals surface area contributed by atoms with Gasteiger partial charge in [-0.25, -0.2) is 8.42 Å².